The van der Waals surface area contributed by atoms with E-state index in [4.69, 9.17) is 9.47 Å². The van der Waals surface area contributed by atoms with E-state index in [-0.39, 0.29) is 41.5 Å². The van der Waals surface area contributed by atoms with Gasteiger partial charge in [0.1, 0.15) is 12.2 Å². The smallest absolute Gasteiger partial charge is 0.222 e. The molecule has 1 amide bonds. The lowest BCUT2D eigenvalue weighted by Crippen LogP contribution is -2.45. The van der Waals surface area contributed by atoms with Gasteiger partial charge >= 0.3 is 0 Å². The van der Waals surface area contributed by atoms with Gasteiger partial charge in [-0.1, -0.05) is 19.1 Å². The van der Waals surface area contributed by atoms with E-state index in [1.54, 1.807) is 0 Å². The Labute approximate surface area is 197 Å². The Bertz CT molecular complexity index is 754. The van der Waals surface area contributed by atoms with Crippen LogP contribution < -0.4 is 20.1 Å². The number of carbonyl (C=O) groups excluding carboxylic acids is 1. The summed E-state index contributed by atoms with van der Waals surface area (Å²) in [7, 11) is 0. The van der Waals surface area contributed by atoms with Crippen LogP contribution in [0.2, 0.25) is 0 Å². The molecule has 1 saturated heterocycles. The summed E-state index contributed by atoms with van der Waals surface area (Å²) in [4.78, 5) is 18.4. The van der Waals surface area contributed by atoms with Crippen molar-refractivity contribution in [3.05, 3.63) is 23.8 Å². The number of nitrogens with one attached hydrogen (secondary N) is 2. The highest BCUT2D eigenvalue weighted by atomic mass is 127. The highest BCUT2D eigenvalue weighted by molar-refractivity contribution is 14.0. The lowest BCUT2D eigenvalue weighted by molar-refractivity contribution is -0.129. The van der Waals surface area contributed by atoms with Crippen molar-refractivity contribution in [3.63, 3.8) is 0 Å². The van der Waals surface area contributed by atoms with Crippen molar-refractivity contribution in [2.24, 2.45) is 4.99 Å². The van der Waals surface area contributed by atoms with Crippen LogP contribution in [0.15, 0.2) is 23.2 Å². The zero-order chi connectivity index (χ0) is 20.9. The summed E-state index contributed by atoms with van der Waals surface area (Å²) in [6.07, 6.45) is 2.39. The highest BCUT2D eigenvalue weighted by Crippen LogP contribution is 2.41. The summed E-state index contributed by atoms with van der Waals surface area (Å²) < 4.78 is 12.0. The summed E-state index contributed by atoms with van der Waals surface area (Å²) in [5, 5.41) is 6.72. The van der Waals surface area contributed by atoms with Crippen LogP contribution in [0.1, 0.15) is 46.1 Å². The maximum atomic E-state index is 11.9. The number of para-hydroxylation sites is 1. The van der Waals surface area contributed by atoms with Crippen LogP contribution in [0.4, 0.5) is 0 Å². The number of amides is 1. The van der Waals surface area contributed by atoms with Gasteiger partial charge in [0.2, 0.25) is 5.91 Å². The minimum absolute atomic E-state index is 0. The number of ether oxygens (including phenoxy) is 2. The van der Waals surface area contributed by atoms with Gasteiger partial charge in [0.05, 0.1) is 6.54 Å². The van der Waals surface area contributed by atoms with E-state index in [2.05, 4.69) is 35.5 Å². The van der Waals surface area contributed by atoms with Crippen molar-refractivity contribution in [1.82, 2.24) is 15.5 Å². The molecule has 0 spiro atoms. The molecule has 2 aliphatic heterocycles. The SMILES string of the molecule is CCNC(=NCCOc1cccc2c1OC(C)(C)C2)NC1CCN(C(=O)CC)C1.I. The van der Waals surface area contributed by atoms with Gasteiger partial charge in [-0.25, -0.2) is 4.99 Å². The second kappa shape index (κ2) is 11.1. The first-order valence-corrected chi connectivity index (χ1v) is 10.7. The number of carbonyl (C=O) groups is 1. The topological polar surface area (TPSA) is 75.2 Å². The van der Waals surface area contributed by atoms with Gasteiger partial charge < -0.3 is 25.0 Å². The lowest BCUT2D eigenvalue weighted by atomic mass is 10.0. The Morgan fingerprint density at radius 3 is 2.90 bits per heavy atom. The normalized spacial score (nSPS) is 19.5. The van der Waals surface area contributed by atoms with Crippen LogP contribution in [0.3, 0.4) is 0 Å². The third-order valence-corrected chi connectivity index (χ3v) is 5.20. The average molecular weight is 530 g/mol. The Morgan fingerprint density at radius 1 is 1.37 bits per heavy atom. The summed E-state index contributed by atoms with van der Waals surface area (Å²) in [6.45, 7) is 11.5. The quantitative estimate of drug-likeness (QED) is 0.246. The van der Waals surface area contributed by atoms with Crippen LogP contribution in [0.5, 0.6) is 11.5 Å². The molecule has 0 aliphatic carbocycles. The third-order valence-electron chi connectivity index (χ3n) is 5.20. The zero-order valence-electron chi connectivity index (χ0n) is 18.5. The van der Waals surface area contributed by atoms with Crippen molar-refractivity contribution in [2.75, 3.05) is 32.8 Å². The molecule has 1 aromatic carbocycles. The van der Waals surface area contributed by atoms with Gasteiger partial charge in [-0.3, -0.25) is 4.79 Å². The number of hydrogen-bond donors (Lipinski definition) is 2. The molecule has 7 nitrogen and oxygen atoms in total. The van der Waals surface area contributed by atoms with E-state index in [1.165, 1.54) is 5.56 Å². The molecule has 1 aromatic rings. The molecular formula is C22H35IN4O3. The van der Waals surface area contributed by atoms with Crippen molar-refractivity contribution >= 4 is 35.8 Å². The summed E-state index contributed by atoms with van der Waals surface area (Å²) in [5.74, 6) is 2.62. The third kappa shape index (κ3) is 6.39. The van der Waals surface area contributed by atoms with Crippen molar-refractivity contribution < 1.29 is 14.3 Å². The van der Waals surface area contributed by atoms with Crippen LogP contribution in [0.25, 0.3) is 0 Å². The number of likely N-dealkylation sites (tertiary alicyclic amines) is 1. The number of guanidine groups is 1. The van der Waals surface area contributed by atoms with E-state index >= 15 is 0 Å². The highest BCUT2D eigenvalue weighted by Gasteiger charge is 2.32. The fraction of sp³-hybridized carbons (Fsp3) is 0.636. The number of fused-ring (bicyclic) bond motifs is 1. The molecule has 168 valence electrons. The molecule has 0 bridgehead atoms. The Morgan fingerprint density at radius 2 is 2.17 bits per heavy atom. The largest absolute Gasteiger partial charge is 0.488 e. The molecule has 0 aromatic heterocycles. The second-order valence-electron chi connectivity index (χ2n) is 8.22. The van der Waals surface area contributed by atoms with Crippen molar-refractivity contribution in [1.29, 1.82) is 0 Å². The van der Waals surface area contributed by atoms with E-state index in [0.29, 0.717) is 19.6 Å². The number of nitrogens with zero attached hydrogens (tertiary/aromatic N) is 2. The standard InChI is InChI=1S/C22H34N4O3.HI/c1-5-19(27)26-12-10-17(15-26)25-21(23-6-2)24-11-13-28-18-9-7-8-16-14-22(3,4)29-20(16)18;/h7-9,17H,5-6,10-15H2,1-4H3,(H2,23,24,25);1H. The molecule has 0 radical (unpaired) electrons. The van der Waals surface area contributed by atoms with Crippen LogP contribution in [-0.2, 0) is 11.2 Å². The number of rotatable bonds is 7. The van der Waals surface area contributed by atoms with E-state index in [1.807, 2.05) is 30.9 Å². The van der Waals surface area contributed by atoms with Crippen LogP contribution >= 0.6 is 24.0 Å². The lowest BCUT2D eigenvalue weighted by Gasteiger charge is -2.19. The predicted molar refractivity (Wildman–Crippen MR) is 130 cm³/mol. The second-order valence-corrected chi connectivity index (χ2v) is 8.22. The molecule has 1 unspecified atom stereocenters. The first-order chi connectivity index (χ1) is 13.9. The van der Waals surface area contributed by atoms with E-state index in [9.17, 15) is 4.79 Å². The number of halogens is 1. The van der Waals surface area contributed by atoms with Gasteiger partial charge in [0.15, 0.2) is 17.5 Å². The maximum absolute atomic E-state index is 11.9. The first-order valence-electron chi connectivity index (χ1n) is 10.7. The molecule has 2 N–H and O–H groups in total. The molecule has 2 heterocycles. The molecule has 8 heteroatoms. The summed E-state index contributed by atoms with van der Waals surface area (Å²) in [5.41, 5.74) is 1.01. The Kier molecular flexibility index (Phi) is 9.06. The molecular weight excluding hydrogens is 495 g/mol. The van der Waals surface area contributed by atoms with E-state index < -0.39 is 0 Å². The van der Waals surface area contributed by atoms with Gasteiger partial charge in [-0.05, 0) is 33.3 Å². The number of hydrogen-bond acceptors (Lipinski definition) is 4. The van der Waals surface area contributed by atoms with Gasteiger partial charge in [-0.2, -0.15) is 0 Å². The molecule has 3 rings (SSSR count). The number of aliphatic imine (C=N–C) groups is 1. The van der Waals surface area contributed by atoms with Crippen LogP contribution in [-0.4, -0.2) is 61.2 Å². The molecule has 2 aliphatic rings. The Balaban J connectivity index is 0.00000320. The van der Waals surface area contributed by atoms with Crippen LogP contribution in [0, 0.1) is 0 Å². The molecule has 30 heavy (non-hydrogen) atoms. The average Bonchev–Trinajstić information content (AvgIpc) is 3.27. The summed E-state index contributed by atoms with van der Waals surface area (Å²) in [6, 6.07) is 6.29. The van der Waals surface area contributed by atoms with E-state index in [0.717, 1.165) is 49.9 Å². The Hall–Kier alpha value is -1.71. The zero-order valence-corrected chi connectivity index (χ0v) is 20.8. The minimum Gasteiger partial charge on any atom is -0.488 e. The van der Waals surface area contributed by atoms with Crippen molar-refractivity contribution in [2.45, 2.75) is 58.6 Å². The van der Waals surface area contributed by atoms with Gasteiger partial charge in [0.25, 0.3) is 0 Å². The fourth-order valence-corrected chi connectivity index (χ4v) is 3.86. The maximum Gasteiger partial charge on any atom is 0.222 e. The minimum atomic E-state index is -0.184. The fourth-order valence-electron chi connectivity index (χ4n) is 3.86. The number of benzene rings is 1. The van der Waals surface area contributed by atoms with Gasteiger partial charge in [0, 0.05) is 44.1 Å². The molecule has 1 fully saturated rings. The monoisotopic (exact) mass is 530 g/mol. The summed E-state index contributed by atoms with van der Waals surface area (Å²) >= 11 is 0. The van der Waals surface area contributed by atoms with Gasteiger partial charge in [-0.15, -0.1) is 24.0 Å². The predicted octanol–water partition coefficient (Wildman–Crippen LogP) is 2.96. The van der Waals surface area contributed by atoms with Crippen molar-refractivity contribution in [3.8, 4) is 11.5 Å². The molecule has 0 saturated carbocycles. The first kappa shape index (κ1) is 24.6. The molecule has 1 atom stereocenters.